The van der Waals surface area contributed by atoms with Crippen LogP contribution in [-0.2, 0) is 12.8 Å². The number of anilines is 1. The number of halogens is 1. The third kappa shape index (κ3) is 3.45. The normalized spacial score (nSPS) is 12.3. The van der Waals surface area contributed by atoms with Crippen molar-refractivity contribution in [3.05, 3.63) is 58.9 Å². The van der Waals surface area contributed by atoms with E-state index in [-0.39, 0.29) is 6.04 Å². The van der Waals surface area contributed by atoms with Crippen LogP contribution in [0.4, 0.5) is 5.69 Å². The Morgan fingerprint density at radius 1 is 1.11 bits per heavy atom. The fourth-order valence-corrected chi connectivity index (χ4v) is 2.01. The Labute approximate surface area is 112 Å². The van der Waals surface area contributed by atoms with Crippen molar-refractivity contribution in [1.29, 1.82) is 0 Å². The number of nitrogens with zero attached hydrogens (tertiary/aromatic N) is 1. The molecule has 0 spiro atoms. The molecule has 1 aromatic heterocycles. The van der Waals surface area contributed by atoms with Gasteiger partial charge in [-0.15, -0.1) is 0 Å². The minimum Gasteiger partial charge on any atom is -0.398 e. The molecule has 0 aliphatic rings. The largest absolute Gasteiger partial charge is 0.398 e. The van der Waals surface area contributed by atoms with Crippen molar-refractivity contribution in [2.24, 2.45) is 5.73 Å². The van der Waals surface area contributed by atoms with Crippen molar-refractivity contribution in [2.75, 3.05) is 5.73 Å². The van der Waals surface area contributed by atoms with Gasteiger partial charge in [-0.2, -0.15) is 0 Å². The van der Waals surface area contributed by atoms with Crippen LogP contribution in [0.15, 0.2) is 42.7 Å². The lowest BCUT2D eigenvalue weighted by Crippen LogP contribution is -2.26. The number of hydrogen-bond donors (Lipinski definition) is 2. The lowest BCUT2D eigenvalue weighted by Gasteiger charge is -2.13. The molecule has 3 nitrogen and oxygen atoms in total. The van der Waals surface area contributed by atoms with Gasteiger partial charge in [0, 0.05) is 29.1 Å². The predicted molar refractivity (Wildman–Crippen MR) is 75.5 cm³/mol. The van der Waals surface area contributed by atoms with Crippen molar-refractivity contribution in [3.63, 3.8) is 0 Å². The van der Waals surface area contributed by atoms with Gasteiger partial charge in [0.2, 0.25) is 0 Å². The number of rotatable bonds is 4. The fraction of sp³-hybridized carbons (Fsp3) is 0.214. The Hall–Kier alpha value is -1.58. The van der Waals surface area contributed by atoms with Crippen LogP contribution in [0.1, 0.15) is 11.1 Å². The molecule has 1 unspecified atom stereocenters. The second-order valence-corrected chi connectivity index (χ2v) is 4.81. The first-order valence-corrected chi connectivity index (χ1v) is 6.21. The molecule has 4 heteroatoms. The maximum absolute atomic E-state index is 6.13. The Morgan fingerprint density at radius 3 is 2.50 bits per heavy atom. The molecule has 0 saturated heterocycles. The smallest absolute Gasteiger partial charge is 0.0406 e. The molecule has 4 N–H and O–H groups in total. The van der Waals surface area contributed by atoms with Crippen molar-refractivity contribution in [2.45, 2.75) is 18.9 Å². The van der Waals surface area contributed by atoms with Gasteiger partial charge in [-0.25, -0.2) is 0 Å². The summed E-state index contributed by atoms with van der Waals surface area (Å²) >= 11 is 5.84. The molecule has 94 valence electrons. The number of nitrogens with two attached hydrogens (primary N) is 2. The van der Waals surface area contributed by atoms with Gasteiger partial charge in [-0.05, 0) is 42.2 Å². The molecule has 0 radical (unpaired) electrons. The molecular weight excluding hydrogens is 246 g/mol. The van der Waals surface area contributed by atoms with Gasteiger partial charge in [0.15, 0.2) is 0 Å². The third-order valence-electron chi connectivity index (χ3n) is 2.83. The van der Waals surface area contributed by atoms with E-state index in [0.29, 0.717) is 0 Å². The highest BCUT2D eigenvalue weighted by molar-refractivity contribution is 6.30. The van der Waals surface area contributed by atoms with E-state index in [2.05, 4.69) is 4.98 Å². The van der Waals surface area contributed by atoms with Crippen LogP contribution in [0.3, 0.4) is 0 Å². The van der Waals surface area contributed by atoms with E-state index in [0.717, 1.165) is 29.1 Å². The molecule has 0 aliphatic heterocycles. The predicted octanol–water partition coefficient (Wildman–Crippen LogP) is 2.43. The molecule has 0 saturated carbocycles. The number of nitrogen functional groups attached to an aromatic ring is 1. The second kappa shape index (κ2) is 5.85. The van der Waals surface area contributed by atoms with Gasteiger partial charge >= 0.3 is 0 Å². The maximum Gasteiger partial charge on any atom is 0.0406 e. The summed E-state index contributed by atoms with van der Waals surface area (Å²) < 4.78 is 0. The monoisotopic (exact) mass is 261 g/mol. The fourth-order valence-electron chi connectivity index (χ4n) is 1.89. The SMILES string of the molecule is Nc1ccncc1CC(N)Cc1ccc(Cl)cc1. The van der Waals surface area contributed by atoms with E-state index in [1.807, 2.05) is 24.3 Å². The van der Waals surface area contributed by atoms with Gasteiger partial charge in [0.05, 0.1) is 0 Å². The zero-order chi connectivity index (χ0) is 13.0. The topological polar surface area (TPSA) is 64.9 Å². The molecule has 18 heavy (non-hydrogen) atoms. The summed E-state index contributed by atoms with van der Waals surface area (Å²) in [5, 5.41) is 0.740. The number of aromatic nitrogens is 1. The first-order valence-electron chi connectivity index (χ1n) is 5.83. The molecule has 0 amide bonds. The van der Waals surface area contributed by atoms with E-state index in [1.165, 1.54) is 5.56 Å². The van der Waals surface area contributed by atoms with Crippen LogP contribution in [0, 0.1) is 0 Å². The molecule has 0 bridgehead atoms. The number of hydrogen-bond acceptors (Lipinski definition) is 3. The summed E-state index contributed by atoms with van der Waals surface area (Å²) in [7, 11) is 0. The summed E-state index contributed by atoms with van der Waals surface area (Å²) in [5.41, 5.74) is 14.9. The summed E-state index contributed by atoms with van der Waals surface area (Å²) in [6.07, 6.45) is 4.98. The lowest BCUT2D eigenvalue weighted by molar-refractivity contribution is 0.664. The summed E-state index contributed by atoms with van der Waals surface area (Å²) in [6, 6.07) is 9.57. The van der Waals surface area contributed by atoms with Crippen LogP contribution < -0.4 is 11.5 Å². The van der Waals surface area contributed by atoms with E-state index < -0.39 is 0 Å². The zero-order valence-corrected chi connectivity index (χ0v) is 10.8. The average molecular weight is 262 g/mol. The number of benzene rings is 1. The van der Waals surface area contributed by atoms with Gasteiger partial charge in [-0.3, -0.25) is 4.98 Å². The quantitative estimate of drug-likeness (QED) is 0.888. The van der Waals surface area contributed by atoms with E-state index >= 15 is 0 Å². The molecule has 1 atom stereocenters. The molecule has 0 aliphatic carbocycles. The zero-order valence-electron chi connectivity index (χ0n) is 10.0. The molecule has 2 rings (SSSR count). The summed E-state index contributed by atoms with van der Waals surface area (Å²) in [5.74, 6) is 0. The molecule has 1 heterocycles. The van der Waals surface area contributed by atoms with Gasteiger partial charge in [0.25, 0.3) is 0 Å². The standard InChI is InChI=1S/C14H16ClN3/c15-12-3-1-10(2-4-12)7-13(16)8-11-9-18-6-5-14(11)17/h1-6,9,13H,7-8,16H2,(H2,17,18). The van der Waals surface area contributed by atoms with E-state index in [4.69, 9.17) is 23.1 Å². The summed E-state index contributed by atoms with van der Waals surface area (Å²) in [6.45, 7) is 0. The van der Waals surface area contributed by atoms with Crippen LogP contribution in [-0.4, -0.2) is 11.0 Å². The highest BCUT2D eigenvalue weighted by Gasteiger charge is 2.08. The second-order valence-electron chi connectivity index (χ2n) is 4.37. The van der Waals surface area contributed by atoms with Crippen molar-refractivity contribution in [1.82, 2.24) is 4.98 Å². The minimum absolute atomic E-state index is 0.0256. The van der Waals surface area contributed by atoms with Gasteiger partial charge in [-0.1, -0.05) is 23.7 Å². The molecule has 2 aromatic rings. The first-order chi connectivity index (χ1) is 8.65. The van der Waals surface area contributed by atoms with Crippen LogP contribution >= 0.6 is 11.6 Å². The molecule has 1 aromatic carbocycles. The lowest BCUT2D eigenvalue weighted by atomic mass is 10.00. The van der Waals surface area contributed by atoms with E-state index in [9.17, 15) is 0 Å². The Balaban J connectivity index is 1.99. The first kappa shape index (κ1) is 12.9. The molecular formula is C14H16ClN3. The van der Waals surface area contributed by atoms with Crippen molar-refractivity contribution < 1.29 is 0 Å². The maximum atomic E-state index is 6.13. The van der Waals surface area contributed by atoms with E-state index in [1.54, 1.807) is 18.5 Å². The minimum atomic E-state index is 0.0256. The third-order valence-corrected chi connectivity index (χ3v) is 3.09. The Bertz CT molecular complexity index is 511. The highest BCUT2D eigenvalue weighted by atomic mass is 35.5. The van der Waals surface area contributed by atoms with Crippen molar-refractivity contribution in [3.8, 4) is 0 Å². The van der Waals surface area contributed by atoms with Crippen LogP contribution in [0.2, 0.25) is 5.02 Å². The van der Waals surface area contributed by atoms with Gasteiger partial charge < -0.3 is 11.5 Å². The van der Waals surface area contributed by atoms with Gasteiger partial charge in [0.1, 0.15) is 0 Å². The van der Waals surface area contributed by atoms with Crippen LogP contribution in [0.5, 0.6) is 0 Å². The summed E-state index contributed by atoms with van der Waals surface area (Å²) in [4.78, 5) is 4.06. The van der Waals surface area contributed by atoms with Crippen molar-refractivity contribution >= 4 is 17.3 Å². The average Bonchev–Trinajstić information content (AvgIpc) is 2.35. The highest BCUT2D eigenvalue weighted by Crippen LogP contribution is 2.14. The Morgan fingerprint density at radius 2 is 1.83 bits per heavy atom. The number of pyridine rings is 1. The molecule has 0 fully saturated rings. The Kier molecular flexibility index (Phi) is 4.18. The van der Waals surface area contributed by atoms with Crippen LogP contribution in [0.25, 0.3) is 0 Å².